The summed E-state index contributed by atoms with van der Waals surface area (Å²) >= 11 is 0. The summed E-state index contributed by atoms with van der Waals surface area (Å²) in [5, 5.41) is 3.02. The van der Waals surface area contributed by atoms with Crippen LogP contribution in [-0.2, 0) is 6.54 Å². The molecule has 0 unspecified atom stereocenters. The average molecular weight is 385 g/mol. The van der Waals surface area contributed by atoms with Gasteiger partial charge in [-0.05, 0) is 36.4 Å². The third-order valence-corrected chi connectivity index (χ3v) is 4.97. The minimum absolute atomic E-state index is 0.214. The summed E-state index contributed by atoms with van der Waals surface area (Å²) in [7, 11) is 1.60. The quantitative estimate of drug-likeness (QED) is 0.591. The van der Waals surface area contributed by atoms with E-state index >= 15 is 0 Å². The molecule has 3 N–H and O–H groups in total. The van der Waals surface area contributed by atoms with E-state index in [9.17, 15) is 4.39 Å². The number of nitrogens with zero attached hydrogens (tertiary/aromatic N) is 3. The van der Waals surface area contributed by atoms with Crippen molar-refractivity contribution in [3.63, 3.8) is 0 Å². The summed E-state index contributed by atoms with van der Waals surface area (Å²) in [5.41, 5.74) is 8.13. The first-order chi connectivity index (χ1) is 13.6. The highest BCUT2D eigenvalue weighted by molar-refractivity contribution is 5.93. The minimum Gasteiger partial charge on any atom is -0.495 e. The fourth-order valence-corrected chi connectivity index (χ4v) is 3.31. The monoisotopic (exact) mass is 385 g/mol. The summed E-state index contributed by atoms with van der Waals surface area (Å²) in [4.78, 5) is 8.78. The highest BCUT2D eigenvalue weighted by Crippen LogP contribution is 2.24. The smallest absolute Gasteiger partial charge is 0.193 e. The van der Waals surface area contributed by atoms with Crippen LogP contribution in [0.5, 0.6) is 5.75 Å². The number of anilines is 2. The second-order valence-electron chi connectivity index (χ2n) is 6.73. The van der Waals surface area contributed by atoms with Gasteiger partial charge in [0.15, 0.2) is 5.96 Å². The van der Waals surface area contributed by atoms with Crippen molar-refractivity contribution >= 4 is 17.3 Å². The normalized spacial score (nSPS) is 15.5. The van der Waals surface area contributed by atoms with Gasteiger partial charge >= 0.3 is 0 Å². The molecule has 150 valence electrons. The molecule has 6 nitrogen and oxygen atoms in total. The Bertz CT molecular complexity index is 818. The lowest BCUT2D eigenvalue weighted by molar-refractivity contribution is 0.270. The Kier molecular flexibility index (Phi) is 6.71. The van der Waals surface area contributed by atoms with Crippen molar-refractivity contribution in [3.05, 3.63) is 53.8 Å². The molecule has 0 aliphatic carbocycles. The maximum Gasteiger partial charge on any atom is 0.193 e. The van der Waals surface area contributed by atoms with Crippen LogP contribution in [0.3, 0.4) is 0 Å². The zero-order chi connectivity index (χ0) is 19.9. The van der Waals surface area contributed by atoms with E-state index in [1.807, 2.05) is 36.4 Å². The summed E-state index contributed by atoms with van der Waals surface area (Å²) in [6, 6.07) is 12.7. The van der Waals surface area contributed by atoms with Crippen molar-refractivity contribution in [2.45, 2.75) is 13.5 Å². The van der Waals surface area contributed by atoms with Crippen LogP contribution in [0.15, 0.2) is 47.5 Å². The van der Waals surface area contributed by atoms with Gasteiger partial charge in [0.1, 0.15) is 11.6 Å². The summed E-state index contributed by atoms with van der Waals surface area (Å²) in [6.07, 6.45) is 0. The number of guanidine groups is 1. The number of nitrogens with two attached hydrogens (primary N) is 1. The molecule has 0 bridgehead atoms. The molecular weight excluding hydrogens is 357 g/mol. The van der Waals surface area contributed by atoms with Crippen LogP contribution in [0.25, 0.3) is 0 Å². The maximum absolute atomic E-state index is 14.6. The lowest BCUT2D eigenvalue weighted by Gasteiger charge is -2.35. The van der Waals surface area contributed by atoms with E-state index in [-0.39, 0.29) is 11.8 Å². The molecule has 0 atom stereocenters. The summed E-state index contributed by atoms with van der Waals surface area (Å²) in [5.74, 6) is 0.720. The van der Waals surface area contributed by atoms with Crippen molar-refractivity contribution in [2.24, 2.45) is 10.7 Å². The molecule has 0 saturated carbocycles. The van der Waals surface area contributed by atoms with E-state index in [0.717, 1.165) is 44.0 Å². The van der Waals surface area contributed by atoms with Crippen LogP contribution in [0, 0.1) is 5.82 Å². The van der Waals surface area contributed by atoms with Crippen LogP contribution in [0.4, 0.5) is 15.8 Å². The Balaban J connectivity index is 1.62. The van der Waals surface area contributed by atoms with Gasteiger partial charge in [0, 0.05) is 26.2 Å². The molecule has 2 aromatic carbocycles. The number of rotatable bonds is 6. The lowest BCUT2D eigenvalue weighted by atomic mass is 10.1. The zero-order valence-corrected chi connectivity index (χ0v) is 16.5. The first-order valence-electron chi connectivity index (χ1n) is 9.56. The predicted octanol–water partition coefficient (Wildman–Crippen LogP) is 2.90. The van der Waals surface area contributed by atoms with Crippen LogP contribution in [-0.4, -0.2) is 50.7 Å². The Labute approximate surface area is 165 Å². The zero-order valence-electron chi connectivity index (χ0n) is 16.5. The Morgan fingerprint density at radius 2 is 1.93 bits per heavy atom. The molecule has 2 aromatic rings. The molecule has 1 aliphatic rings. The predicted molar refractivity (Wildman–Crippen MR) is 113 cm³/mol. The molecule has 3 rings (SSSR count). The molecule has 0 radical (unpaired) electrons. The second kappa shape index (κ2) is 9.41. The molecule has 0 amide bonds. The van der Waals surface area contributed by atoms with Gasteiger partial charge in [0.2, 0.25) is 0 Å². The standard InChI is InChI=1S/C21H28FN5O/c1-3-26-10-12-27(13-11-26)19-9-8-16(14-17(19)22)15-24-21(23)25-18-6-4-5-7-20(18)28-2/h4-9,14H,3,10-13,15H2,1-2H3,(H3,23,24,25). The van der Waals surface area contributed by atoms with E-state index in [2.05, 4.69) is 27.0 Å². The van der Waals surface area contributed by atoms with Gasteiger partial charge in [-0.2, -0.15) is 0 Å². The van der Waals surface area contributed by atoms with E-state index in [4.69, 9.17) is 10.5 Å². The van der Waals surface area contributed by atoms with Crippen molar-refractivity contribution in [3.8, 4) is 5.75 Å². The van der Waals surface area contributed by atoms with E-state index in [1.54, 1.807) is 13.2 Å². The van der Waals surface area contributed by atoms with Crippen molar-refractivity contribution < 1.29 is 9.13 Å². The largest absolute Gasteiger partial charge is 0.495 e. The van der Waals surface area contributed by atoms with Crippen molar-refractivity contribution in [2.75, 3.05) is 50.1 Å². The van der Waals surface area contributed by atoms with Crippen LogP contribution < -0.4 is 20.7 Å². The Morgan fingerprint density at radius 1 is 1.18 bits per heavy atom. The van der Waals surface area contributed by atoms with Gasteiger partial charge in [0.05, 0.1) is 25.0 Å². The highest BCUT2D eigenvalue weighted by atomic mass is 19.1. The van der Waals surface area contributed by atoms with Gasteiger partial charge in [-0.1, -0.05) is 25.1 Å². The first-order valence-corrected chi connectivity index (χ1v) is 9.56. The van der Waals surface area contributed by atoms with E-state index in [1.165, 1.54) is 0 Å². The molecule has 1 aliphatic heterocycles. The number of halogens is 1. The maximum atomic E-state index is 14.6. The summed E-state index contributed by atoms with van der Waals surface area (Å²) in [6.45, 7) is 7.11. The summed E-state index contributed by atoms with van der Waals surface area (Å²) < 4.78 is 19.9. The Hall–Kier alpha value is -2.80. The number of ether oxygens (including phenoxy) is 1. The van der Waals surface area contributed by atoms with Crippen LogP contribution in [0.2, 0.25) is 0 Å². The van der Waals surface area contributed by atoms with Crippen LogP contribution in [0.1, 0.15) is 12.5 Å². The van der Waals surface area contributed by atoms with Gasteiger partial charge in [0.25, 0.3) is 0 Å². The fourth-order valence-electron chi connectivity index (χ4n) is 3.31. The van der Waals surface area contributed by atoms with Gasteiger partial charge < -0.3 is 25.6 Å². The third-order valence-electron chi connectivity index (χ3n) is 4.97. The van der Waals surface area contributed by atoms with E-state index in [0.29, 0.717) is 18.0 Å². The molecule has 28 heavy (non-hydrogen) atoms. The number of hydrogen-bond donors (Lipinski definition) is 2. The molecular formula is C21H28FN5O. The number of aliphatic imine (C=N–C) groups is 1. The topological polar surface area (TPSA) is 66.1 Å². The highest BCUT2D eigenvalue weighted by Gasteiger charge is 2.18. The average Bonchev–Trinajstić information content (AvgIpc) is 2.73. The molecule has 0 spiro atoms. The number of likely N-dealkylation sites (N-methyl/N-ethyl adjacent to an activating group) is 1. The number of benzene rings is 2. The SMILES string of the molecule is CCN1CCN(c2ccc(CN=C(N)Nc3ccccc3OC)cc2F)CC1. The number of nitrogens with one attached hydrogen (secondary N) is 1. The molecule has 0 aromatic heterocycles. The number of methoxy groups -OCH3 is 1. The van der Waals surface area contributed by atoms with E-state index < -0.39 is 0 Å². The minimum atomic E-state index is -0.214. The molecule has 1 heterocycles. The third kappa shape index (κ3) is 4.92. The lowest BCUT2D eigenvalue weighted by Crippen LogP contribution is -2.46. The van der Waals surface area contributed by atoms with Crippen LogP contribution >= 0.6 is 0 Å². The van der Waals surface area contributed by atoms with Crippen molar-refractivity contribution in [1.82, 2.24) is 4.90 Å². The second-order valence-corrected chi connectivity index (χ2v) is 6.73. The number of piperazine rings is 1. The van der Waals surface area contributed by atoms with Gasteiger partial charge in [-0.3, -0.25) is 0 Å². The first kappa shape index (κ1) is 19.9. The number of para-hydroxylation sites is 2. The Morgan fingerprint density at radius 3 is 2.61 bits per heavy atom. The van der Waals surface area contributed by atoms with Gasteiger partial charge in [-0.25, -0.2) is 9.38 Å². The molecule has 1 fully saturated rings. The number of hydrogen-bond acceptors (Lipinski definition) is 4. The fraction of sp³-hybridized carbons (Fsp3) is 0.381. The van der Waals surface area contributed by atoms with Gasteiger partial charge in [-0.15, -0.1) is 0 Å². The molecule has 1 saturated heterocycles. The van der Waals surface area contributed by atoms with Crippen molar-refractivity contribution in [1.29, 1.82) is 0 Å². The molecule has 7 heteroatoms.